The molecule has 2 aliphatic rings. The van der Waals surface area contributed by atoms with Crippen LogP contribution in [-0.4, -0.2) is 50.4 Å². The minimum absolute atomic E-state index is 0.0975. The zero-order chi connectivity index (χ0) is 33.7. The molecule has 2 aromatic heterocycles. The largest absolute Gasteiger partial charge is 0.481 e. The number of carbonyl (C=O) groups is 3. The number of nitrogens with zero attached hydrogens (tertiary/aromatic N) is 3. The predicted octanol–water partition coefficient (Wildman–Crippen LogP) is 8.94. The second-order valence-electron chi connectivity index (χ2n) is 9.49. The van der Waals surface area contributed by atoms with E-state index in [0.29, 0.717) is 29.7 Å². The van der Waals surface area contributed by atoms with Crippen molar-refractivity contribution in [3.8, 4) is 16.3 Å². The van der Waals surface area contributed by atoms with Gasteiger partial charge < -0.3 is 9.53 Å². The Kier molecular flexibility index (Phi) is 16.0. The second kappa shape index (κ2) is 18.9. The zero-order valence-electron chi connectivity index (χ0n) is 25.9. The third kappa shape index (κ3) is 9.76. The zero-order valence-corrected chi connectivity index (χ0v) is 30.5. The number of imide groups is 1. The Morgan fingerprint density at radius 1 is 1.02 bits per heavy atom. The molecule has 1 unspecified atom stereocenters. The van der Waals surface area contributed by atoms with Gasteiger partial charge in [-0.25, -0.2) is 8.78 Å². The molecule has 2 aliphatic heterocycles. The molecular weight excluding hydrogens is 779 g/mol. The number of hydrogen-bond donors (Lipinski definition) is 0. The Balaban J connectivity index is 0.000000276. The van der Waals surface area contributed by atoms with Crippen LogP contribution in [0.5, 0.6) is 5.06 Å². The summed E-state index contributed by atoms with van der Waals surface area (Å²) >= 11 is 7.34. The van der Waals surface area contributed by atoms with Crippen LogP contribution in [0.1, 0.15) is 65.3 Å². The van der Waals surface area contributed by atoms with Crippen LogP contribution in [0, 0.1) is 18.6 Å². The van der Waals surface area contributed by atoms with Crippen LogP contribution in [0.2, 0.25) is 0 Å². The van der Waals surface area contributed by atoms with Crippen LogP contribution in [0.15, 0.2) is 59.2 Å². The molecule has 0 spiro atoms. The first kappa shape index (κ1) is 38.2. The molecule has 4 aromatic rings. The van der Waals surface area contributed by atoms with E-state index in [4.69, 9.17) is 9.53 Å². The highest BCUT2D eigenvalue weighted by Gasteiger charge is 2.36. The van der Waals surface area contributed by atoms with E-state index in [0.717, 1.165) is 39.5 Å². The lowest BCUT2D eigenvalue weighted by atomic mass is 10.1. The van der Waals surface area contributed by atoms with Gasteiger partial charge in [-0.05, 0) is 65.2 Å². The van der Waals surface area contributed by atoms with Crippen molar-refractivity contribution >= 4 is 68.5 Å². The topological polar surface area (TPSA) is 81.5 Å². The van der Waals surface area contributed by atoms with Gasteiger partial charge >= 0.3 is 0 Å². The summed E-state index contributed by atoms with van der Waals surface area (Å²) < 4.78 is 34.8. The molecule has 242 valence electrons. The van der Waals surface area contributed by atoms with Crippen molar-refractivity contribution in [3.63, 3.8) is 0 Å². The molecular formula is C33H37BrF2IN3O4S. The normalized spacial score (nSPS) is 13.0. The number of fused-ring (bicyclic) bond motifs is 4. The highest BCUT2D eigenvalue weighted by Crippen LogP contribution is 2.42. The van der Waals surface area contributed by atoms with Crippen molar-refractivity contribution in [2.75, 3.05) is 13.2 Å². The molecule has 4 heterocycles. The molecule has 1 atom stereocenters. The standard InChI is InChI=1S/C17H12F2INO2.C10H9BrN2OS.C3H8.C2H6.CH2O/c18-14-6-5-10(8-15(14)19)7-11(20)9-21-16(22)12-3-1-2-4-13(12)17(21)23;1-6-4-7-9-8(11)5-12-13(9)2-3-14-10(7)15-6;1-3-2;2*1-2/h1-6,8,11H,7,9H2;4-5H,2-3H2,1H3;3H2,1-2H3;1-2H3;1H2. The smallest absolute Gasteiger partial charge is 0.261 e. The number of thiophene rings is 1. The van der Waals surface area contributed by atoms with Crippen molar-refractivity contribution in [1.82, 2.24) is 14.7 Å². The van der Waals surface area contributed by atoms with Crippen molar-refractivity contribution in [2.24, 2.45) is 0 Å². The van der Waals surface area contributed by atoms with Gasteiger partial charge in [0.1, 0.15) is 13.4 Å². The van der Waals surface area contributed by atoms with Gasteiger partial charge in [-0.2, -0.15) is 5.10 Å². The molecule has 0 bridgehead atoms. The molecule has 2 amide bonds. The van der Waals surface area contributed by atoms with E-state index < -0.39 is 11.6 Å². The molecule has 0 saturated heterocycles. The number of aromatic nitrogens is 2. The summed E-state index contributed by atoms with van der Waals surface area (Å²) in [5.41, 5.74) is 3.73. The van der Waals surface area contributed by atoms with Crippen LogP contribution >= 0.6 is 49.9 Å². The van der Waals surface area contributed by atoms with Crippen molar-refractivity contribution in [3.05, 3.63) is 92.4 Å². The first-order valence-corrected chi connectivity index (χ1v) is 17.3. The fourth-order valence-electron chi connectivity index (χ4n) is 4.38. The van der Waals surface area contributed by atoms with Crippen LogP contribution in [0.3, 0.4) is 0 Å². The van der Waals surface area contributed by atoms with Gasteiger partial charge in [-0.15, -0.1) is 11.3 Å². The fraction of sp³-hybridized carbons (Fsp3) is 0.333. The van der Waals surface area contributed by atoms with E-state index in [1.54, 1.807) is 35.6 Å². The lowest BCUT2D eigenvalue weighted by Crippen LogP contribution is -2.35. The van der Waals surface area contributed by atoms with Crippen LogP contribution < -0.4 is 4.74 Å². The van der Waals surface area contributed by atoms with Crippen LogP contribution in [-0.2, 0) is 17.8 Å². The molecule has 0 radical (unpaired) electrons. The molecule has 6 rings (SSSR count). The number of alkyl halides is 1. The maximum absolute atomic E-state index is 13.2. The second-order valence-corrected chi connectivity index (χ2v) is 13.3. The van der Waals surface area contributed by atoms with Gasteiger partial charge in [0, 0.05) is 15.3 Å². The molecule has 0 fully saturated rings. The Bertz CT molecular complexity index is 1540. The number of halogens is 4. The van der Waals surface area contributed by atoms with Crippen LogP contribution in [0.4, 0.5) is 8.78 Å². The molecule has 0 saturated carbocycles. The fourth-order valence-corrected chi connectivity index (χ4v) is 6.67. The summed E-state index contributed by atoms with van der Waals surface area (Å²) in [7, 11) is 0. The van der Waals surface area contributed by atoms with Crippen LogP contribution in [0.25, 0.3) is 11.3 Å². The third-order valence-corrected chi connectivity index (χ3v) is 8.49. The molecule has 45 heavy (non-hydrogen) atoms. The van der Waals surface area contributed by atoms with E-state index in [9.17, 15) is 18.4 Å². The van der Waals surface area contributed by atoms with E-state index >= 15 is 0 Å². The number of hydrogen-bond acceptors (Lipinski definition) is 6. The van der Waals surface area contributed by atoms with Crippen molar-refractivity contribution in [1.29, 1.82) is 0 Å². The lowest BCUT2D eigenvalue weighted by Gasteiger charge is -2.18. The molecule has 0 aliphatic carbocycles. The number of amides is 2. The number of aryl methyl sites for hydroxylation is 1. The quantitative estimate of drug-likeness (QED) is 0.117. The summed E-state index contributed by atoms with van der Waals surface area (Å²) in [4.78, 5) is 35.0. The van der Waals surface area contributed by atoms with Gasteiger partial charge in [-0.3, -0.25) is 19.2 Å². The maximum Gasteiger partial charge on any atom is 0.261 e. The van der Waals surface area contributed by atoms with E-state index in [2.05, 4.69) is 70.5 Å². The van der Waals surface area contributed by atoms with E-state index in [1.807, 2.05) is 31.5 Å². The maximum atomic E-state index is 13.2. The predicted molar refractivity (Wildman–Crippen MR) is 188 cm³/mol. The molecule has 0 N–H and O–H groups in total. The first-order valence-electron chi connectivity index (χ1n) is 14.4. The van der Waals surface area contributed by atoms with E-state index in [-0.39, 0.29) is 22.3 Å². The summed E-state index contributed by atoms with van der Waals surface area (Å²) in [6, 6.07) is 12.6. The summed E-state index contributed by atoms with van der Waals surface area (Å²) in [6.45, 7) is 14.1. The number of rotatable bonds is 4. The third-order valence-electron chi connectivity index (χ3n) is 6.11. The Morgan fingerprint density at radius 3 is 2.20 bits per heavy atom. The van der Waals surface area contributed by atoms with Gasteiger partial charge in [0.2, 0.25) is 0 Å². The van der Waals surface area contributed by atoms with Gasteiger partial charge in [0.25, 0.3) is 11.8 Å². The minimum atomic E-state index is -0.896. The highest BCUT2D eigenvalue weighted by atomic mass is 127. The minimum Gasteiger partial charge on any atom is -0.481 e. The Hall–Kier alpha value is -2.97. The molecule has 12 heteroatoms. The Morgan fingerprint density at radius 2 is 1.62 bits per heavy atom. The monoisotopic (exact) mass is 815 g/mol. The molecule has 7 nitrogen and oxygen atoms in total. The SMILES string of the molecule is C=O.CC.CCC.Cc1cc2c(s1)OCCn1ncc(Br)c1-2.O=C1c2ccccc2C(=O)N1CC(I)Cc1ccc(F)c(F)c1. The number of carbonyl (C=O) groups excluding carboxylic acids is 3. The highest BCUT2D eigenvalue weighted by molar-refractivity contribution is 14.1. The average molecular weight is 817 g/mol. The van der Waals surface area contributed by atoms with Gasteiger partial charge in [0.15, 0.2) is 16.7 Å². The van der Waals surface area contributed by atoms with Gasteiger partial charge in [0.05, 0.1) is 39.6 Å². The van der Waals surface area contributed by atoms with Gasteiger partial charge in [-0.1, -0.05) is 74.9 Å². The summed E-state index contributed by atoms with van der Waals surface area (Å²) in [5, 5.41) is 5.33. The lowest BCUT2D eigenvalue weighted by molar-refractivity contribution is -0.0980. The summed E-state index contributed by atoms with van der Waals surface area (Å²) in [5.74, 6) is -2.40. The van der Waals surface area contributed by atoms with Crippen molar-refractivity contribution < 1.29 is 27.9 Å². The number of ether oxygens (including phenoxy) is 1. The van der Waals surface area contributed by atoms with E-state index in [1.165, 1.54) is 22.3 Å². The molecule has 2 aromatic carbocycles. The number of benzene rings is 2. The average Bonchev–Trinajstić information content (AvgIpc) is 3.62. The first-order chi connectivity index (χ1) is 21.6. The van der Waals surface area contributed by atoms with Crippen molar-refractivity contribution in [2.45, 2.75) is 57.9 Å². The summed E-state index contributed by atoms with van der Waals surface area (Å²) in [6.07, 6.45) is 3.53. The Labute approximate surface area is 289 Å².